The third-order valence-corrected chi connectivity index (χ3v) is 5.91. The topological polar surface area (TPSA) is 84.9 Å². The summed E-state index contributed by atoms with van der Waals surface area (Å²) in [6, 6.07) is 0.383. The first-order valence-corrected chi connectivity index (χ1v) is 9.12. The highest BCUT2D eigenvalue weighted by Crippen LogP contribution is 2.42. The zero-order chi connectivity index (χ0) is 16.5. The number of hydrogen-bond acceptors (Lipinski definition) is 5. The number of rotatable bonds is 7. The fourth-order valence-electron chi connectivity index (χ4n) is 4.68. The molecule has 0 saturated heterocycles. The Hall–Kier alpha value is -1.28. The number of aliphatic imine (C=N–C) groups is 2. The molecule has 2 fully saturated rings. The lowest BCUT2D eigenvalue weighted by atomic mass is 9.67. The van der Waals surface area contributed by atoms with Crippen LogP contribution in [0.5, 0.6) is 0 Å². The van der Waals surface area contributed by atoms with Crippen molar-refractivity contribution in [3.8, 4) is 0 Å². The summed E-state index contributed by atoms with van der Waals surface area (Å²) in [6.45, 7) is 0.756. The van der Waals surface area contributed by atoms with Crippen LogP contribution in [0.1, 0.15) is 64.2 Å². The molecule has 0 aliphatic heterocycles. The number of nitrogens with two attached hydrogens (primary N) is 1. The van der Waals surface area contributed by atoms with Crippen LogP contribution in [0.3, 0.4) is 0 Å². The molecule has 0 heterocycles. The van der Waals surface area contributed by atoms with Crippen LogP contribution in [0.25, 0.3) is 0 Å². The molecule has 0 radical (unpaired) electrons. The largest absolute Gasteiger partial charge is 0.330 e. The highest BCUT2D eigenvalue weighted by Gasteiger charge is 2.34. The van der Waals surface area contributed by atoms with Crippen molar-refractivity contribution in [2.24, 2.45) is 33.5 Å². The molecule has 2 N–H and O–H groups in total. The molecule has 128 valence electrons. The predicted octanol–water partition coefficient (Wildman–Crippen LogP) is 3.13. The summed E-state index contributed by atoms with van der Waals surface area (Å²) < 4.78 is 0. The van der Waals surface area contributed by atoms with E-state index in [1.54, 1.807) is 12.2 Å². The van der Waals surface area contributed by atoms with Gasteiger partial charge in [0.05, 0.1) is 12.1 Å². The monoisotopic (exact) mass is 319 g/mol. The first-order valence-electron chi connectivity index (χ1n) is 9.12. The normalized spacial score (nSPS) is 32.4. The van der Waals surface area contributed by atoms with Gasteiger partial charge >= 0.3 is 0 Å². The summed E-state index contributed by atoms with van der Waals surface area (Å²) in [5.74, 6) is 2.19. The van der Waals surface area contributed by atoms with E-state index >= 15 is 0 Å². The quantitative estimate of drug-likeness (QED) is 0.578. The van der Waals surface area contributed by atoms with Gasteiger partial charge in [-0.3, -0.25) is 0 Å². The van der Waals surface area contributed by atoms with Crippen molar-refractivity contribution >= 4 is 12.2 Å². The molecule has 0 atom stereocenters. The zero-order valence-corrected chi connectivity index (χ0v) is 14.0. The second-order valence-electron chi connectivity index (χ2n) is 7.17. The molecule has 0 aromatic heterocycles. The Bertz CT molecular complexity index is 401. The molecule has 5 heteroatoms. The molecule has 2 rings (SSSR count). The van der Waals surface area contributed by atoms with Gasteiger partial charge < -0.3 is 5.73 Å². The van der Waals surface area contributed by atoms with Gasteiger partial charge in [0.2, 0.25) is 12.2 Å². The van der Waals surface area contributed by atoms with Crippen molar-refractivity contribution in [2.75, 3.05) is 6.54 Å². The van der Waals surface area contributed by atoms with Gasteiger partial charge in [0.1, 0.15) is 0 Å². The Morgan fingerprint density at radius 3 is 1.61 bits per heavy atom. The van der Waals surface area contributed by atoms with Crippen molar-refractivity contribution in [3.63, 3.8) is 0 Å². The summed E-state index contributed by atoms with van der Waals surface area (Å²) in [7, 11) is 0. The lowest BCUT2D eigenvalue weighted by molar-refractivity contribution is 0.124. The highest BCUT2D eigenvalue weighted by molar-refractivity contribution is 5.33. The van der Waals surface area contributed by atoms with Crippen molar-refractivity contribution < 1.29 is 9.59 Å². The minimum Gasteiger partial charge on any atom is -0.330 e. The molecule has 2 saturated carbocycles. The van der Waals surface area contributed by atoms with Gasteiger partial charge in [-0.1, -0.05) is 0 Å². The molecule has 5 nitrogen and oxygen atoms in total. The van der Waals surface area contributed by atoms with Gasteiger partial charge in [-0.2, -0.15) is 0 Å². The maximum Gasteiger partial charge on any atom is 0.235 e. The van der Waals surface area contributed by atoms with Crippen LogP contribution in [-0.2, 0) is 9.59 Å². The van der Waals surface area contributed by atoms with Gasteiger partial charge in [-0.15, -0.1) is 0 Å². The van der Waals surface area contributed by atoms with Gasteiger partial charge in [0.15, 0.2) is 0 Å². The Labute approximate surface area is 138 Å². The van der Waals surface area contributed by atoms with Gasteiger partial charge in [-0.25, -0.2) is 19.6 Å². The Morgan fingerprint density at radius 1 is 0.826 bits per heavy atom. The second kappa shape index (κ2) is 9.77. The minimum atomic E-state index is 0.191. The molecule has 0 bridgehead atoms. The maximum atomic E-state index is 10.4. The fraction of sp³-hybridized carbons (Fsp3) is 0.889. The Balaban J connectivity index is 1.92. The molecule has 0 amide bonds. The Kier molecular flexibility index (Phi) is 7.67. The van der Waals surface area contributed by atoms with Crippen LogP contribution in [0.4, 0.5) is 0 Å². The predicted molar refractivity (Wildman–Crippen MR) is 89.5 cm³/mol. The van der Waals surface area contributed by atoms with Crippen molar-refractivity contribution in [1.82, 2.24) is 0 Å². The van der Waals surface area contributed by atoms with Crippen LogP contribution in [0.2, 0.25) is 0 Å². The maximum absolute atomic E-state index is 10.4. The van der Waals surface area contributed by atoms with E-state index in [0.717, 1.165) is 82.1 Å². The molecule has 0 unspecified atom stereocenters. The molecule has 23 heavy (non-hydrogen) atoms. The van der Waals surface area contributed by atoms with Crippen LogP contribution in [-0.4, -0.2) is 30.8 Å². The Morgan fingerprint density at radius 2 is 1.26 bits per heavy atom. The van der Waals surface area contributed by atoms with E-state index in [9.17, 15) is 9.59 Å². The lowest BCUT2D eigenvalue weighted by Gasteiger charge is -2.39. The van der Waals surface area contributed by atoms with Crippen LogP contribution in [0, 0.1) is 17.8 Å². The third-order valence-electron chi connectivity index (χ3n) is 5.91. The number of isocyanates is 2. The van der Waals surface area contributed by atoms with E-state index in [2.05, 4.69) is 9.98 Å². The van der Waals surface area contributed by atoms with Crippen molar-refractivity contribution in [1.29, 1.82) is 0 Å². The van der Waals surface area contributed by atoms with Crippen LogP contribution >= 0.6 is 0 Å². The minimum absolute atomic E-state index is 0.191. The van der Waals surface area contributed by atoms with E-state index in [1.807, 2.05) is 0 Å². The molecular formula is C18H29N3O2. The van der Waals surface area contributed by atoms with Gasteiger partial charge in [0.25, 0.3) is 0 Å². The first-order chi connectivity index (χ1) is 11.3. The number of hydrogen-bond donors (Lipinski definition) is 1. The smallest absolute Gasteiger partial charge is 0.235 e. The van der Waals surface area contributed by atoms with Crippen LogP contribution in [0.15, 0.2) is 9.98 Å². The summed E-state index contributed by atoms with van der Waals surface area (Å²) in [6.07, 6.45) is 14.4. The van der Waals surface area contributed by atoms with E-state index < -0.39 is 0 Å². The average Bonchev–Trinajstić information content (AvgIpc) is 2.58. The molecule has 0 aromatic carbocycles. The van der Waals surface area contributed by atoms with Crippen molar-refractivity contribution in [2.45, 2.75) is 76.3 Å². The van der Waals surface area contributed by atoms with Gasteiger partial charge in [-0.05, 0) is 88.5 Å². The van der Waals surface area contributed by atoms with Gasteiger partial charge in [0, 0.05) is 0 Å². The standard InChI is InChI=1S/C18H29N3O2/c19-11-1-2-18(14-3-7-16(8-4-14)20-12-22)15-5-9-17(10-6-15)21-13-23/h14-18H,1-11,19H2. The summed E-state index contributed by atoms with van der Waals surface area (Å²) in [4.78, 5) is 28.7. The van der Waals surface area contributed by atoms with E-state index in [-0.39, 0.29) is 12.1 Å². The summed E-state index contributed by atoms with van der Waals surface area (Å²) in [5, 5.41) is 0. The highest BCUT2D eigenvalue weighted by atomic mass is 16.1. The van der Waals surface area contributed by atoms with Crippen molar-refractivity contribution in [3.05, 3.63) is 0 Å². The van der Waals surface area contributed by atoms with Crippen LogP contribution < -0.4 is 5.73 Å². The summed E-state index contributed by atoms with van der Waals surface area (Å²) in [5.41, 5.74) is 5.74. The zero-order valence-electron chi connectivity index (χ0n) is 14.0. The molecule has 0 aromatic rings. The summed E-state index contributed by atoms with van der Waals surface area (Å²) >= 11 is 0. The van der Waals surface area contributed by atoms with E-state index in [1.165, 1.54) is 6.42 Å². The lowest BCUT2D eigenvalue weighted by Crippen LogP contribution is -2.32. The molecule has 2 aliphatic rings. The SMILES string of the molecule is NCCCC(C1CCC(N=C=O)CC1)C1CCC(N=C=O)CC1. The van der Waals surface area contributed by atoms with E-state index in [0.29, 0.717) is 0 Å². The number of nitrogens with zero attached hydrogens (tertiary/aromatic N) is 2. The molecule has 0 spiro atoms. The average molecular weight is 319 g/mol. The van der Waals surface area contributed by atoms with E-state index in [4.69, 9.17) is 5.73 Å². The molecular weight excluding hydrogens is 290 g/mol. The molecule has 2 aliphatic carbocycles. The first kappa shape index (κ1) is 18.1. The second-order valence-corrected chi connectivity index (χ2v) is 7.17. The fourth-order valence-corrected chi connectivity index (χ4v) is 4.68. The number of carbonyl (C=O) groups excluding carboxylic acids is 2. The third kappa shape index (κ3) is 5.39.